The highest BCUT2D eigenvalue weighted by atomic mass is 19.1. The summed E-state index contributed by atoms with van der Waals surface area (Å²) >= 11 is 0. The van der Waals surface area contributed by atoms with Gasteiger partial charge in [0.15, 0.2) is 0 Å². The van der Waals surface area contributed by atoms with Crippen LogP contribution in [-0.2, 0) is 11.2 Å². The number of hydrogen-bond donors (Lipinski definition) is 1. The minimum atomic E-state index is -0.927. The average Bonchev–Trinajstić information content (AvgIpc) is 2.66. The molecule has 0 amide bonds. The minimum Gasteiger partial charge on any atom is -0.481 e. The van der Waals surface area contributed by atoms with E-state index in [2.05, 4.69) is 4.98 Å². The average molecular weight is 220 g/mol. The Morgan fingerprint density at radius 2 is 2.06 bits per heavy atom. The molecule has 2 aromatic rings. The Balaban J connectivity index is 2.36. The maximum atomic E-state index is 12.7. The molecule has 1 aromatic carbocycles. The van der Waals surface area contributed by atoms with Crippen molar-refractivity contribution in [3.05, 3.63) is 48.3 Å². The molecule has 0 spiro atoms. The van der Waals surface area contributed by atoms with Crippen LogP contribution in [0.4, 0.5) is 4.39 Å². The van der Waals surface area contributed by atoms with Crippen molar-refractivity contribution < 1.29 is 14.3 Å². The number of benzene rings is 1. The zero-order valence-corrected chi connectivity index (χ0v) is 8.30. The molecule has 0 radical (unpaired) electrons. The first-order chi connectivity index (χ1) is 7.66. The lowest BCUT2D eigenvalue weighted by molar-refractivity contribution is -0.136. The van der Waals surface area contributed by atoms with E-state index in [1.54, 1.807) is 16.7 Å². The van der Waals surface area contributed by atoms with Crippen LogP contribution >= 0.6 is 0 Å². The van der Waals surface area contributed by atoms with Gasteiger partial charge in [-0.3, -0.25) is 4.79 Å². The van der Waals surface area contributed by atoms with E-state index in [1.165, 1.54) is 24.7 Å². The van der Waals surface area contributed by atoms with E-state index in [1.807, 2.05) is 0 Å². The lowest BCUT2D eigenvalue weighted by Crippen LogP contribution is -2.06. The minimum absolute atomic E-state index is 0.114. The van der Waals surface area contributed by atoms with Gasteiger partial charge in [-0.1, -0.05) is 0 Å². The Morgan fingerprint density at radius 3 is 2.69 bits per heavy atom. The van der Waals surface area contributed by atoms with E-state index in [9.17, 15) is 9.18 Å². The highest BCUT2D eigenvalue weighted by molar-refractivity contribution is 5.69. The first-order valence-corrected chi connectivity index (χ1v) is 4.66. The number of imidazole rings is 1. The van der Waals surface area contributed by atoms with Crippen LogP contribution in [0.15, 0.2) is 36.8 Å². The van der Waals surface area contributed by atoms with Crippen LogP contribution in [0.5, 0.6) is 0 Å². The number of halogens is 1. The number of carboxylic acid groups (broad SMARTS) is 1. The molecule has 1 aromatic heterocycles. The molecule has 1 heterocycles. The number of carboxylic acids is 1. The van der Waals surface area contributed by atoms with Gasteiger partial charge in [0.25, 0.3) is 0 Å². The fourth-order valence-corrected chi connectivity index (χ4v) is 1.44. The predicted octanol–water partition coefficient (Wildman–Crippen LogP) is 1.64. The Hall–Kier alpha value is -2.17. The van der Waals surface area contributed by atoms with Gasteiger partial charge in [0, 0.05) is 11.9 Å². The topological polar surface area (TPSA) is 55.1 Å². The summed E-state index contributed by atoms with van der Waals surface area (Å²) in [7, 11) is 0. The van der Waals surface area contributed by atoms with Crippen LogP contribution < -0.4 is 0 Å². The molecule has 2 rings (SSSR count). The number of nitrogens with zero attached hydrogens (tertiary/aromatic N) is 2. The number of carbonyl (C=O) groups is 1. The van der Waals surface area contributed by atoms with Crippen LogP contribution in [0.2, 0.25) is 0 Å². The van der Waals surface area contributed by atoms with Crippen molar-refractivity contribution in [3.8, 4) is 5.69 Å². The molecule has 0 bridgehead atoms. The van der Waals surface area contributed by atoms with Crippen molar-refractivity contribution in [2.45, 2.75) is 6.42 Å². The van der Waals surface area contributed by atoms with Crippen molar-refractivity contribution >= 4 is 5.97 Å². The number of aromatic nitrogens is 2. The highest BCUT2D eigenvalue weighted by Crippen LogP contribution is 2.12. The van der Waals surface area contributed by atoms with Crippen molar-refractivity contribution in [1.82, 2.24) is 9.55 Å². The highest BCUT2D eigenvalue weighted by Gasteiger charge is 2.08. The van der Waals surface area contributed by atoms with Gasteiger partial charge in [-0.25, -0.2) is 9.37 Å². The van der Waals surface area contributed by atoms with Crippen molar-refractivity contribution in [3.63, 3.8) is 0 Å². The summed E-state index contributed by atoms with van der Waals surface area (Å²) in [5.41, 5.74) is 1.24. The SMILES string of the molecule is O=C(O)Cc1cncn1-c1ccc(F)cc1. The van der Waals surface area contributed by atoms with E-state index in [0.29, 0.717) is 11.4 Å². The van der Waals surface area contributed by atoms with Crippen LogP contribution in [-0.4, -0.2) is 20.6 Å². The van der Waals surface area contributed by atoms with Gasteiger partial charge in [0.2, 0.25) is 0 Å². The van der Waals surface area contributed by atoms with E-state index >= 15 is 0 Å². The van der Waals surface area contributed by atoms with Crippen molar-refractivity contribution in [1.29, 1.82) is 0 Å². The van der Waals surface area contributed by atoms with Crippen LogP contribution in [0.3, 0.4) is 0 Å². The predicted molar refractivity (Wildman–Crippen MR) is 54.9 cm³/mol. The third-order valence-electron chi connectivity index (χ3n) is 2.15. The Morgan fingerprint density at radius 1 is 1.38 bits per heavy atom. The molecule has 4 nitrogen and oxygen atoms in total. The second-order valence-electron chi connectivity index (χ2n) is 3.30. The summed E-state index contributed by atoms with van der Waals surface area (Å²) in [6.07, 6.45) is 2.88. The lowest BCUT2D eigenvalue weighted by atomic mass is 10.2. The Bertz CT molecular complexity index is 505. The van der Waals surface area contributed by atoms with Gasteiger partial charge in [0.05, 0.1) is 18.4 Å². The Kier molecular flexibility index (Phi) is 2.68. The first-order valence-electron chi connectivity index (χ1n) is 4.66. The van der Waals surface area contributed by atoms with Crippen molar-refractivity contribution in [2.75, 3.05) is 0 Å². The molecule has 0 fully saturated rings. The van der Waals surface area contributed by atoms with Gasteiger partial charge in [-0.15, -0.1) is 0 Å². The summed E-state index contributed by atoms with van der Waals surface area (Å²) in [5.74, 6) is -1.26. The van der Waals surface area contributed by atoms with E-state index in [-0.39, 0.29) is 12.2 Å². The summed E-state index contributed by atoms with van der Waals surface area (Å²) in [5, 5.41) is 8.70. The molecule has 0 saturated carbocycles. The molecule has 0 aliphatic rings. The second kappa shape index (κ2) is 4.14. The quantitative estimate of drug-likeness (QED) is 0.855. The van der Waals surface area contributed by atoms with Gasteiger partial charge >= 0.3 is 5.97 Å². The van der Waals surface area contributed by atoms with Gasteiger partial charge in [0.1, 0.15) is 5.82 Å². The molecular formula is C11H9FN2O2. The molecule has 0 aliphatic carbocycles. The standard InChI is InChI=1S/C11H9FN2O2/c12-8-1-3-9(4-2-8)14-7-13-6-10(14)5-11(15)16/h1-4,6-7H,5H2,(H,15,16). The summed E-state index contributed by atoms with van der Waals surface area (Å²) < 4.78 is 14.3. The summed E-state index contributed by atoms with van der Waals surface area (Å²) in [6.45, 7) is 0. The molecule has 0 atom stereocenters. The molecule has 0 aliphatic heterocycles. The lowest BCUT2D eigenvalue weighted by Gasteiger charge is -2.05. The zero-order valence-electron chi connectivity index (χ0n) is 8.30. The summed E-state index contributed by atoms with van der Waals surface area (Å²) in [6, 6.07) is 5.78. The van der Waals surface area contributed by atoms with Crippen LogP contribution in [0.25, 0.3) is 5.69 Å². The third-order valence-corrected chi connectivity index (χ3v) is 2.15. The molecule has 1 N–H and O–H groups in total. The smallest absolute Gasteiger partial charge is 0.309 e. The third kappa shape index (κ3) is 2.08. The van der Waals surface area contributed by atoms with Gasteiger partial charge < -0.3 is 9.67 Å². The largest absolute Gasteiger partial charge is 0.481 e. The van der Waals surface area contributed by atoms with E-state index in [0.717, 1.165) is 0 Å². The molecule has 82 valence electrons. The fraction of sp³-hybridized carbons (Fsp3) is 0.0909. The zero-order chi connectivity index (χ0) is 11.5. The number of aliphatic carboxylic acids is 1. The van der Waals surface area contributed by atoms with Crippen molar-refractivity contribution in [2.24, 2.45) is 0 Å². The molecule has 0 saturated heterocycles. The van der Waals surface area contributed by atoms with E-state index < -0.39 is 5.97 Å². The normalized spacial score (nSPS) is 10.3. The Labute approximate surface area is 91.0 Å². The maximum Gasteiger partial charge on any atom is 0.309 e. The van der Waals surface area contributed by atoms with Gasteiger partial charge in [-0.2, -0.15) is 0 Å². The van der Waals surface area contributed by atoms with Gasteiger partial charge in [-0.05, 0) is 24.3 Å². The molecular weight excluding hydrogens is 211 g/mol. The molecule has 5 heteroatoms. The summed E-state index contributed by atoms with van der Waals surface area (Å²) in [4.78, 5) is 14.5. The fourth-order valence-electron chi connectivity index (χ4n) is 1.44. The second-order valence-corrected chi connectivity index (χ2v) is 3.30. The number of rotatable bonds is 3. The molecule has 0 unspecified atom stereocenters. The van der Waals surface area contributed by atoms with Crippen LogP contribution in [0, 0.1) is 5.82 Å². The van der Waals surface area contributed by atoms with Crippen LogP contribution in [0.1, 0.15) is 5.69 Å². The number of hydrogen-bond acceptors (Lipinski definition) is 2. The first kappa shape index (κ1) is 10.4. The monoisotopic (exact) mass is 220 g/mol. The maximum absolute atomic E-state index is 12.7. The molecule has 16 heavy (non-hydrogen) atoms. The van der Waals surface area contributed by atoms with E-state index in [4.69, 9.17) is 5.11 Å².